The van der Waals surface area contributed by atoms with E-state index < -0.39 is 6.09 Å². The highest BCUT2D eigenvalue weighted by Crippen LogP contribution is 2.30. The molecule has 1 unspecified atom stereocenters. The average molecular weight is 348 g/mol. The first kappa shape index (κ1) is 16.4. The Hall–Kier alpha value is -3.08. The Morgan fingerprint density at radius 2 is 1.85 bits per heavy atom. The highest BCUT2D eigenvalue weighted by atomic mass is 16.6. The molecule has 5 heteroatoms. The third-order valence-electron chi connectivity index (χ3n) is 4.71. The summed E-state index contributed by atoms with van der Waals surface area (Å²) >= 11 is 0. The molecule has 1 N–H and O–H groups in total. The molecule has 0 saturated heterocycles. The van der Waals surface area contributed by atoms with Gasteiger partial charge in [0, 0.05) is 12.0 Å². The molecule has 0 fully saturated rings. The maximum Gasteiger partial charge on any atom is 0.412 e. The molecule has 0 spiro atoms. The van der Waals surface area contributed by atoms with Gasteiger partial charge in [0.15, 0.2) is 5.76 Å². The Morgan fingerprint density at radius 1 is 1.12 bits per heavy atom. The quantitative estimate of drug-likeness (QED) is 0.741. The van der Waals surface area contributed by atoms with E-state index in [0.29, 0.717) is 17.1 Å². The number of anilines is 1. The van der Waals surface area contributed by atoms with Gasteiger partial charge in [-0.05, 0) is 30.9 Å². The third-order valence-corrected chi connectivity index (χ3v) is 4.71. The van der Waals surface area contributed by atoms with Crippen LogP contribution in [0, 0.1) is 6.92 Å². The number of aryl methyl sites for hydroxylation is 2. The molecule has 3 aromatic rings. The zero-order valence-corrected chi connectivity index (χ0v) is 14.6. The Kier molecular flexibility index (Phi) is 4.44. The van der Waals surface area contributed by atoms with Crippen LogP contribution in [0.15, 0.2) is 59.1 Å². The summed E-state index contributed by atoms with van der Waals surface area (Å²) in [7, 11) is 0. The van der Waals surface area contributed by atoms with Crippen molar-refractivity contribution < 1.29 is 14.1 Å². The van der Waals surface area contributed by atoms with E-state index in [1.807, 2.05) is 42.5 Å². The maximum absolute atomic E-state index is 12.4. The molecule has 0 saturated carbocycles. The van der Waals surface area contributed by atoms with E-state index in [-0.39, 0.29) is 6.10 Å². The van der Waals surface area contributed by atoms with E-state index in [1.54, 1.807) is 6.92 Å². The summed E-state index contributed by atoms with van der Waals surface area (Å²) in [5, 5.41) is 6.88. The predicted octanol–water partition coefficient (Wildman–Crippen LogP) is 4.76. The first-order valence-electron chi connectivity index (χ1n) is 8.77. The molecule has 1 aromatic heterocycles. The zero-order chi connectivity index (χ0) is 17.9. The number of aromatic nitrogens is 1. The number of nitrogens with zero attached hydrogens (tertiary/aromatic N) is 1. The minimum absolute atomic E-state index is 0.120. The molecule has 1 heterocycles. The molecule has 5 nitrogen and oxygen atoms in total. The fourth-order valence-electron chi connectivity index (χ4n) is 3.36. The number of carbonyl (C=O) groups is 1. The first-order chi connectivity index (χ1) is 12.7. The Balaban J connectivity index is 1.46. The lowest BCUT2D eigenvalue weighted by Gasteiger charge is -2.24. The number of ether oxygens (including phenoxy) is 1. The number of nitrogens with one attached hydrogen (secondary N) is 1. The van der Waals surface area contributed by atoms with Gasteiger partial charge in [-0.1, -0.05) is 59.8 Å². The van der Waals surface area contributed by atoms with Crippen LogP contribution >= 0.6 is 0 Å². The van der Waals surface area contributed by atoms with Gasteiger partial charge in [-0.25, -0.2) is 4.79 Å². The summed E-state index contributed by atoms with van der Waals surface area (Å²) < 4.78 is 10.9. The van der Waals surface area contributed by atoms with Crippen molar-refractivity contribution >= 4 is 11.8 Å². The molecule has 0 bridgehead atoms. The smallest absolute Gasteiger partial charge is 0.412 e. The lowest BCUT2D eigenvalue weighted by Crippen LogP contribution is -2.28. The van der Waals surface area contributed by atoms with Crippen molar-refractivity contribution in [3.63, 3.8) is 0 Å². The monoisotopic (exact) mass is 348 g/mol. The topological polar surface area (TPSA) is 64.4 Å². The fraction of sp³-hybridized carbons (Fsp3) is 0.238. The fourth-order valence-corrected chi connectivity index (χ4v) is 3.36. The number of rotatable bonds is 3. The number of carbonyl (C=O) groups excluding carboxylic acids is 1. The summed E-state index contributed by atoms with van der Waals surface area (Å²) in [6, 6.07) is 17.9. The minimum Gasteiger partial charge on any atom is -0.446 e. The van der Waals surface area contributed by atoms with Crippen LogP contribution in [0.4, 0.5) is 10.5 Å². The van der Waals surface area contributed by atoms with Crippen molar-refractivity contribution in [1.82, 2.24) is 5.16 Å². The molecule has 0 aliphatic heterocycles. The van der Waals surface area contributed by atoms with Crippen molar-refractivity contribution in [3.05, 3.63) is 71.5 Å². The Morgan fingerprint density at radius 3 is 2.65 bits per heavy atom. The Labute approximate surface area is 152 Å². The SMILES string of the molecule is Cc1onc(-c2ccccc2)c1NC(=O)OC1CCc2ccccc2C1. The maximum atomic E-state index is 12.4. The van der Waals surface area contributed by atoms with Crippen molar-refractivity contribution in [2.45, 2.75) is 32.3 Å². The number of amides is 1. The highest BCUT2D eigenvalue weighted by Gasteiger charge is 2.23. The molecule has 4 rings (SSSR count). The van der Waals surface area contributed by atoms with Gasteiger partial charge in [0.1, 0.15) is 17.5 Å². The number of benzene rings is 2. The second kappa shape index (κ2) is 7.04. The molecule has 1 amide bonds. The molecular formula is C21H20N2O3. The summed E-state index contributed by atoms with van der Waals surface area (Å²) in [6.07, 6.45) is 1.91. The van der Waals surface area contributed by atoms with Crippen LogP contribution in [-0.4, -0.2) is 17.4 Å². The van der Waals surface area contributed by atoms with Gasteiger partial charge in [-0.3, -0.25) is 5.32 Å². The second-order valence-electron chi connectivity index (χ2n) is 6.49. The van der Waals surface area contributed by atoms with E-state index in [0.717, 1.165) is 24.8 Å². The lowest BCUT2D eigenvalue weighted by molar-refractivity contribution is 0.102. The molecule has 26 heavy (non-hydrogen) atoms. The van der Waals surface area contributed by atoms with Gasteiger partial charge >= 0.3 is 6.09 Å². The van der Waals surface area contributed by atoms with E-state index in [9.17, 15) is 4.79 Å². The molecule has 132 valence electrons. The largest absolute Gasteiger partial charge is 0.446 e. The van der Waals surface area contributed by atoms with Crippen molar-refractivity contribution in [3.8, 4) is 11.3 Å². The molecule has 1 aliphatic carbocycles. The number of fused-ring (bicyclic) bond motifs is 1. The van der Waals surface area contributed by atoms with Crippen LogP contribution in [-0.2, 0) is 17.6 Å². The highest BCUT2D eigenvalue weighted by molar-refractivity contribution is 5.91. The predicted molar refractivity (Wildman–Crippen MR) is 99.0 cm³/mol. The average Bonchev–Trinajstić information content (AvgIpc) is 3.03. The molecule has 1 atom stereocenters. The van der Waals surface area contributed by atoms with Crippen molar-refractivity contribution in [1.29, 1.82) is 0 Å². The van der Waals surface area contributed by atoms with Gasteiger partial charge < -0.3 is 9.26 Å². The van der Waals surface area contributed by atoms with E-state index in [4.69, 9.17) is 9.26 Å². The molecule has 2 aromatic carbocycles. The summed E-state index contributed by atoms with van der Waals surface area (Å²) in [6.45, 7) is 1.77. The van der Waals surface area contributed by atoms with Gasteiger partial charge in [-0.15, -0.1) is 0 Å². The standard InChI is InChI=1S/C21H20N2O3/c1-14-19(20(23-26-14)16-8-3-2-4-9-16)22-21(24)25-18-12-11-15-7-5-6-10-17(15)13-18/h2-10,18H,11-13H2,1H3,(H,22,24). The van der Waals surface area contributed by atoms with Crippen molar-refractivity contribution in [2.24, 2.45) is 0 Å². The van der Waals surface area contributed by atoms with E-state index in [2.05, 4.69) is 22.6 Å². The minimum atomic E-state index is -0.474. The molecular weight excluding hydrogens is 328 g/mol. The normalized spacial score (nSPS) is 16.0. The van der Waals surface area contributed by atoms with Crippen LogP contribution < -0.4 is 5.32 Å². The van der Waals surface area contributed by atoms with Crippen LogP contribution in [0.25, 0.3) is 11.3 Å². The zero-order valence-electron chi connectivity index (χ0n) is 14.6. The van der Waals surface area contributed by atoms with Crippen molar-refractivity contribution in [2.75, 3.05) is 5.32 Å². The second-order valence-corrected chi connectivity index (χ2v) is 6.49. The van der Waals surface area contributed by atoms with Gasteiger partial charge in [0.05, 0.1) is 0 Å². The number of hydrogen-bond acceptors (Lipinski definition) is 4. The third kappa shape index (κ3) is 3.33. The summed E-state index contributed by atoms with van der Waals surface area (Å²) in [4.78, 5) is 12.4. The summed E-state index contributed by atoms with van der Waals surface area (Å²) in [5.74, 6) is 0.551. The molecule has 1 aliphatic rings. The summed E-state index contributed by atoms with van der Waals surface area (Å²) in [5.41, 5.74) is 4.63. The lowest BCUT2D eigenvalue weighted by atomic mass is 9.90. The molecule has 0 radical (unpaired) electrons. The van der Waals surface area contributed by atoms with Crippen LogP contribution in [0.2, 0.25) is 0 Å². The van der Waals surface area contributed by atoms with Crippen LogP contribution in [0.5, 0.6) is 0 Å². The van der Waals surface area contributed by atoms with Crippen LogP contribution in [0.3, 0.4) is 0 Å². The van der Waals surface area contributed by atoms with Crippen LogP contribution in [0.1, 0.15) is 23.3 Å². The van der Waals surface area contributed by atoms with E-state index >= 15 is 0 Å². The van der Waals surface area contributed by atoms with Gasteiger partial charge in [-0.2, -0.15) is 0 Å². The number of hydrogen-bond donors (Lipinski definition) is 1. The van der Waals surface area contributed by atoms with Gasteiger partial charge in [0.2, 0.25) is 0 Å². The van der Waals surface area contributed by atoms with Gasteiger partial charge in [0.25, 0.3) is 0 Å². The first-order valence-corrected chi connectivity index (χ1v) is 8.77. The van der Waals surface area contributed by atoms with E-state index in [1.165, 1.54) is 11.1 Å². The Bertz CT molecular complexity index is 918.